The van der Waals surface area contributed by atoms with Crippen LogP contribution in [0.4, 0.5) is 0 Å². The SMILES string of the molecule is O=c1cc[nH]c2ncnc(I)c12. The van der Waals surface area contributed by atoms with Crippen molar-refractivity contribution in [2.24, 2.45) is 0 Å². The minimum Gasteiger partial charge on any atom is -0.346 e. The molecule has 60 valence electrons. The van der Waals surface area contributed by atoms with Gasteiger partial charge in [-0.2, -0.15) is 0 Å². The first-order chi connectivity index (χ1) is 5.79. The monoisotopic (exact) mass is 273 g/mol. The van der Waals surface area contributed by atoms with Gasteiger partial charge in [0.2, 0.25) is 0 Å². The van der Waals surface area contributed by atoms with Gasteiger partial charge in [0, 0.05) is 12.3 Å². The quantitative estimate of drug-likeness (QED) is 0.573. The first-order valence-corrected chi connectivity index (χ1v) is 4.35. The predicted octanol–water partition coefficient (Wildman–Crippen LogP) is 0.923. The number of aromatic amines is 1. The second-order valence-corrected chi connectivity index (χ2v) is 3.25. The highest BCUT2D eigenvalue weighted by Gasteiger charge is 2.02. The highest BCUT2D eigenvalue weighted by atomic mass is 127. The maximum absolute atomic E-state index is 11.3. The van der Waals surface area contributed by atoms with Crippen molar-refractivity contribution in [3.63, 3.8) is 0 Å². The Bertz CT molecular complexity index is 474. The lowest BCUT2D eigenvalue weighted by Gasteiger charge is -1.95. The number of fused-ring (bicyclic) bond motifs is 1. The molecule has 0 bridgehead atoms. The van der Waals surface area contributed by atoms with Crippen molar-refractivity contribution in [1.82, 2.24) is 15.0 Å². The van der Waals surface area contributed by atoms with Crippen LogP contribution in [0.2, 0.25) is 0 Å². The summed E-state index contributed by atoms with van der Waals surface area (Å²) in [7, 11) is 0. The number of aromatic nitrogens is 3. The zero-order valence-corrected chi connectivity index (χ0v) is 8.07. The van der Waals surface area contributed by atoms with Crippen LogP contribution in [-0.4, -0.2) is 15.0 Å². The molecule has 0 saturated heterocycles. The molecule has 0 saturated carbocycles. The van der Waals surface area contributed by atoms with Crippen molar-refractivity contribution in [2.75, 3.05) is 0 Å². The summed E-state index contributed by atoms with van der Waals surface area (Å²) in [5.41, 5.74) is 0.538. The Labute approximate surface area is 81.2 Å². The molecule has 12 heavy (non-hydrogen) atoms. The van der Waals surface area contributed by atoms with Gasteiger partial charge in [-0.25, -0.2) is 9.97 Å². The zero-order valence-electron chi connectivity index (χ0n) is 5.91. The fourth-order valence-electron chi connectivity index (χ4n) is 0.972. The van der Waals surface area contributed by atoms with E-state index in [1.54, 1.807) is 6.20 Å². The molecule has 0 aromatic carbocycles. The van der Waals surface area contributed by atoms with E-state index >= 15 is 0 Å². The third-order valence-corrected chi connectivity index (χ3v) is 2.32. The molecule has 0 aliphatic heterocycles. The largest absolute Gasteiger partial charge is 0.346 e. The molecule has 4 nitrogen and oxygen atoms in total. The molecule has 0 atom stereocenters. The van der Waals surface area contributed by atoms with E-state index in [-0.39, 0.29) is 5.43 Å². The van der Waals surface area contributed by atoms with Crippen LogP contribution < -0.4 is 5.43 Å². The van der Waals surface area contributed by atoms with Gasteiger partial charge in [-0.05, 0) is 22.6 Å². The van der Waals surface area contributed by atoms with Crippen LogP contribution in [0.5, 0.6) is 0 Å². The van der Waals surface area contributed by atoms with Gasteiger partial charge in [0.1, 0.15) is 15.7 Å². The Morgan fingerprint density at radius 3 is 3.00 bits per heavy atom. The molecule has 0 fully saturated rings. The molecular formula is C7H4IN3O. The second-order valence-electron chi connectivity index (χ2n) is 2.23. The fourth-order valence-corrected chi connectivity index (χ4v) is 1.62. The number of H-pyrrole nitrogens is 1. The average molecular weight is 273 g/mol. The van der Waals surface area contributed by atoms with Gasteiger partial charge in [-0.15, -0.1) is 0 Å². The minimum atomic E-state index is -0.0475. The summed E-state index contributed by atoms with van der Waals surface area (Å²) in [6.07, 6.45) is 3.01. The predicted molar refractivity (Wildman–Crippen MR) is 52.9 cm³/mol. The van der Waals surface area contributed by atoms with Gasteiger partial charge in [-0.1, -0.05) is 0 Å². The summed E-state index contributed by atoms with van der Waals surface area (Å²) in [6.45, 7) is 0. The van der Waals surface area contributed by atoms with Crippen molar-refractivity contribution in [2.45, 2.75) is 0 Å². The van der Waals surface area contributed by atoms with Crippen molar-refractivity contribution in [1.29, 1.82) is 0 Å². The van der Waals surface area contributed by atoms with Gasteiger partial charge >= 0.3 is 0 Å². The van der Waals surface area contributed by atoms with Gasteiger partial charge in [0.25, 0.3) is 0 Å². The highest BCUT2D eigenvalue weighted by molar-refractivity contribution is 14.1. The molecule has 0 spiro atoms. The van der Waals surface area contributed by atoms with E-state index in [4.69, 9.17) is 0 Å². The first-order valence-electron chi connectivity index (χ1n) is 3.27. The number of rotatable bonds is 0. The summed E-state index contributed by atoms with van der Waals surface area (Å²) in [5, 5.41) is 0.556. The fraction of sp³-hybridized carbons (Fsp3) is 0. The second kappa shape index (κ2) is 2.81. The Morgan fingerprint density at radius 2 is 2.25 bits per heavy atom. The molecule has 2 rings (SSSR count). The topological polar surface area (TPSA) is 58.6 Å². The van der Waals surface area contributed by atoms with Gasteiger partial charge in [0.05, 0.1) is 5.39 Å². The molecule has 0 unspecified atom stereocenters. The number of nitrogens with one attached hydrogen (secondary N) is 1. The Hall–Kier alpha value is -0.980. The molecule has 0 aliphatic carbocycles. The van der Waals surface area contributed by atoms with Crippen LogP contribution in [0.3, 0.4) is 0 Å². The number of nitrogens with zero attached hydrogens (tertiary/aromatic N) is 2. The van der Waals surface area contributed by atoms with E-state index in [0.717, 1.165) is 0 Å². The number of pyridine rings is 1. The van der Waals surface area contributed by atoms with Crippen molar-refractivity contribution in [3.05, 3.63) is 32.5 Å². The molecule has 2 heterocycles. The third-order valence-electron chi connectivity index (χ3n) is 1.50. The lowest BCUT2D eigenvalue weighted by molar-refractivity contribution is 1.15. The van der Waals surface area contributed by atoms with Crippen LogP contribution in [-0.2, 0) is 0 Å². The molecule has 2 aromatic heterocycles. The molecule has 5 heteroatoms. The van der Waals surface area contributed by atoms with Crippen molar-refractivity contribution in [3.8, 4) is 0 Å². The Balaban J connectivity index is 3.07. The maximum Gasteiger partial charge on any atom is 0.193 e. The number of hydrogen-bond donors (Lipinski definition) is 1. The first kappa shape index (κ1) is 7.66. The van der Waals surface area contributed by atoms with E-state index in [9.17, 15) is 4.79 Å². The van der Waals surface area contributed by atoms with E-state index in [1.165, 1.54) is 12.4 Å². The number of halogens is 1. The van der Waals surface area contributed by atoms with Crippen LogP contribution in [0.15, 0.2) is 23.4 Å². The van der Waals surface area contributed by atoms with E-state index in [2.05, 4.69) is 15.0 Å². The molecule has 2 aromatic rings. The van der Waals surface area contributed by atoms with Gasteiger partial charge in [-0.3, -0.25) is 4.79 Å². The average Bonchev–Trinajstić information content (AvgIpc) is 2.04. The van der Waals surface area contributed by atoms with Crippen LogP contribution in [0.1, 0.15) is 0 Å². The lowest BCUT2D eigenvalue weighted by atomic mass is 10.3. The summed E-state index contributed by atoms with van der Waals surface area (Å²) < 4.78 is 0.680. The normalized spacial score (nSPS) is 10.4. The molecule has 0 aliphatic rings. The lowest BCUT2D eigenvalue weighted by Crippen LogP contribution is -2.04. The molecule has 1 N–H and O–H groups in total. The molecule has 0 radical (unpaired) electrons. The standard InChI is InChI=1S/C7H4IN3O/c8-6-5-4(12)1-2-9-7(5)11-3-10-6/h1-3H,(H,9,10,11,12). The molecule has 0 amide bonds. The Kier molecular flexibility index (Phi) is 1.80. The van der Waals surface area contributed by atoms with Crippen molar-refractivity contribution >= 4 is 33.6 Å². The molecular weight excluding hydrogens is 269 g/mol. The summed E-state index contributed by atoms with van der Waals surface area (Å²) in [6, 6.07) is 1.47. The Morgan fingerprint density at radius 1 is 1.42 bits per heavy atom. The number of hydrogen-bond acceptors (Lipinski definition) is 3. The summed E-state index contributed by atoms with van der Waals surface area (Å²) in [5.74, 6) is 0. The van der Waals surface area contributed by atoms with Crippen LogP contribution >= 0.6 is 22.6 Å². The van der Waals surface area contributed by atoms with Crippen molar-refractivity contribution < 1.29 is 0 Å². The minimum absolute atomic E-state index is 0.0475. The third kappa shape index (κ3) is 1.09. The maximum atomic E-state index is 11.3. The summed E-state index contributed by atoms with van der Waals surface area (Å²) >= 11 is 2.01. The van der Waals surface area contributed by atoms with E-state index in [0.29, 0.717) is 14.7 Å². The van der Waals surface area contributed by atoms with Gasteiger partial charge < -0.3 is 4.98 Å². The zero-order chi connectivity index (χ0) is 8.55. The smallest absolute Gasteiger partial charge is 0.193 e. The van der Waals surface area contributed by atoms with E-state index < -0.39 is 0 Å². The van der Waals surface area contributed by atoms with E-state index in [1.807, 2.05) is 22.6 Å². The van der Waals surface area contributed by atoms with Crippen LogP contribution in [0, 0.1) is 3.70 Å². The van der Waals surface area contributed by atoms with Crippen LogP contribution in [0.25, 0.3) is 11.0 Å². The van der Waals surface area contributed by atoms with Gasteiger partial charge in [0.15, 0.2) is 5.43 Å². The highest BCUT2D eigenvalue weighted by Crippen LogP contribution is 2.08. The summed E-state index contributed by atoms with van der Waals surface area (Å²) in [4.78, 5) is 22.0.